The summed E-state index contributed by atoms with van der Waals surface area (Å²) >= 11 is 5.67. The minimum atomic E-state index is -0.414. The zero-order valence-corrected chi connectivity index (χ0v) is 10.6. The molecule has 0 aromatic heterocycles. The summed E-state index contributed by atoms with van der Waals surface area (Å²) in [6, 6.07) is 5.16. The Morgan fingerprint density at radius 1 is 1.53 bits per heavy atom. The van der Waals surface area contributed by atoms with Crippen molar-refractivity contribution in [3.8, 4) is 5.75 Å². The third-order valence-electron chi connectivity index (χ3n) is 2.76. The highest BCUT2D eigenvalue weighted by molar-refractivity contribution is 6.30. The third-order valence-corrected chi connectivity index (χ3v) is 3.05. The minimum absolute atomic E-state index is 0.103. The van der Waals surface area contributed by atoms with Gasteiger partial charge in [-0.05, 0) is 25.0 Å². The van der Waals surface area contributed by atoms with Crippen LogP contribution >= 0.6 is 11.6 Å². The molecule has 1 saturated carbocycles. The van der Waals surface area contributed by atoms with Gasteiger partial charge in [-0.2, -0.15) is 0 Å². The van der Waals surface area contributed by atoms with Gasteiger partial charge >= 0.3 is 0 Å². The van der Waals surface area contributed by atoms with Crippen LogP contribution in [0.15, 0.2) is 18.2 Å². The first-order valence-electron chi connectivity index (χ1n) is 5.96. The molecular formula is C13H17ClFNO. The van der Waals surface area contributed by atoms with Gasteiger partial charge in [0, 0.05) is 24.6 Å². The standard InChI is InChI=1S/C13H17ClFNO/c1-9(7-16-10-2-3-10)8-17-11-4-5-13(15)12(14)6-11/h4-6,9-10,16H,2-3,7-8H2,1H3. The maximum Gasteiger partial charge on any atom is 0.142 e. The Hall–Kier alpha value is -0.800. The first-order chi connectivity index (χ1) is 8.15. The van der Waals surface area contributed by atoms with Gasteiger partial charge < -0.3 is 10.1 Å². The van der Waals surface area contributed by atoms with E-state index < -0.39 is 5.82 Å². The predicted octanol–water partition coefficient (Wildman–Crippen LogP) is 3.25. The second kappa shape index (κ2) is 5.69. The average Bonchev–Trinajstić information content (AvgIpc) is 3.12. The fraction of sp³-hybridized carbons (Fsp3) is 0.538. The molecule has 0 spiro atoms. The lowest BCUT2D eigenvalue weighted by Crippen LogP contribution is -2.26. The summed E-state index contributed by atoms with van der Waals surface area (Å²) in [6.07, 6.45) is 2.59. The van der Waals surface area contributed by atoms with E-state index in [0.717, 1.165) is 12.6 Å². The van der Waals surface area contributed by atoms with Gasteiger partial charge in [-0.1, -0.05) is 18.5 Å². The second-order valence-electron chi connectivity index (χ2n) is 4.67. The predicted molar refractivity (Wildman–Crippen MR) is 67.1 cm³/mol. The van der Waals surface area contributed by atoms with Gasteiger partial charge in [-0.15, -0.1) is 0 Å². The molecule has 94 valence electrons. The van der Waals surface area contributed by atoms with Crippen molar-refractivity contribution in [3.63, 3.8) is 0 Å². The van der Waals surface area contributed by atoms with Gasteiger partial charge in [-0.25, -0.2) is 4.39 Å². The highest BCUT2D eigenvalue weighted by atomic mass is 35.5. The zero-order chi connectivity index (χ0) is 12.3. The van der Waals surface area contributed by atoms with Gasteiger partial charge in [0.2, 0.25) is 0 Å². The molecule has 0 saturated heterocycles. The maximum absolute atomic E-state index is 12.9. The van der Waals surface area contributed by atoms with Crippen molar-refractivity contribution in [2.24, 2.45) is 5.92 Å². The summed E-state index contributed by atoms with van der Waals surface area (Å²) in [7, 11) is 0. The fourth-order valence-electron chi connectivity index (χ4n) is 1.52. The van der Waals surface area contributed by atoms with Gasteiger partial charge in [0.15, 0.2) is 0 Å². The van der Waals surface area contributed by atoms with Crippen LogP contribution in [0.2, 0.25) is 5.02 Å². The molecule has 1 unspecified atom stereocenters. The van der Waals surface area contributed by atoms with E-state index in [0.29, 0.717) is 18.3 Å². The van der Waals surface area contributed by atoms with Crippen molar-refractivity contribution in [1.82, 2.24) is 5.32 Å². The van der Waals surface area contributed by atoms with Crippen molar-refractivity contribution in [2.75, 3.05) is 13.2 Å². The van der Waals surface area contributed by atoms with Crippen molar-refractivity contribution in [1.29, 1.82) is 0 Å². The smallest absolute Gasteiger partial charge is 0.142 e. The Morgan fingerprint density at radius 2 is 2.29 bits per heavy atom. The van der Waals surface area contributed by atoms with Crippen LogP contribution in [0.4, 0.5) is 4.39 Å². The zero-order valence-electron chi connectivity index (χ0n) is 9.88. The van der Waals surface area contributed by atoms with Gasteiger partial charge in [-0.3, -0.25) is 0 Å². The Bertz CT molecular complexity index is 382. The largest absolute Gasteiger partial charge is 0.493 e. The lowest BCUT2D eigenvalue weighted by atomic mass is 10.2. The molecule has 1 aliphatic carbocycles. The molecule has 17 heavy (non-hydrogen) atoms. The van der Waals surface area contributed by atoms with E-state index in [1.54, 1.807) is 6.07 Å². The molecule has 0 heterocycles. The second-order valence-corrected chi connectivity index (χ2v) is 5.08. The Balaban J connectivity index is 1.73. The monoisotopic (exact) mass is 257 g/mol. The van der Waals surface area contributed by atoms with E-state index in [1.807, 2.05) is 0 Å². The first-order valence-corrected chi connectivity index (χ1v) is 6.34. The average molecular weight is 258 g/mol. The molecule has 1 aromatic rings. The van der Waals surface area contributed by atoms with Gasteiger partial charge in [0.25, 0.3) is 0 Å². The summed E-state index contributed by atoms with van der Waals surface area (Å²) in [6.45, 7) is 3.70. The normalized spacial score (nSPS) is 16.9. The molecule has 1 N–H and O–H groups in total. The maximum atomic E-state index is 12.9. The quantitative estimate of drug-likeness (QED) is 0.845. The highest BCUT2D eigenvalue weighted by Gasteiger charge is 2.20. The summed E-state index contributed by atoms with van der Waals surface area (Å²) in [5.41, 5.74) is 0. The SMILES string of the molecule is CC(CNC1CC1)COc1ccc(F)c(Cl)c1. The number of hydrogen-bond donors (Lipinski definition) is 1. The van der Waals surface area contributed by atoms with Gasteiger partial charge in [0.1, 0.15) is 11.6 Å². The molecular weight excluding hydrogens is 241 g/mol. The van der Waals surface area contributed by atoms with Crippen LogP contribution in [0.1, 0.15) is 19.8 Å². The van der Waals surface area contributed by atoms with Crippen LogP contribution in [0.25, 0.3) is 0 Å². The summed E-state index contributed by atoms with van der Waals surface area (Å²) < 4.78 is 18.5. The molecule has 1 aliphatic rings. The van der Waals surface area contributed by atoms with Crippen LogP contribution in [0, 0.1) is 11.7 Å². The lowest BCUT2D eigenvalue weighted by molar-refractivity contribution is 0.255. The highest BCUT2D eigenvalue weighted by Crippen LogP contribution is 2.22. The number of ether oxygens (including phenoxy) is 1. The van der Waals surface area contributed by atoms with Crippen LogP contribution in [0.5, 0.6) is 5.75 Å². The molecule has 1 atom stereocenters. The number of rotatable bonds is 6. The molecule has 1 aromatic carbocycles. The number of nitrogens with one attached hydrogen (secondary N) is 1. The lowest BCUT2D eigenvalue weighted by Gasteiger charge is -2.14. The van der Waals surface area contributed by atoms with E-state index in [9.17, 15) is 4.39 Å². The van der Waals surface area contributed by atoms with Crippen molar-refractivity contribution < 1.29 is 9.13 Å². The van der Waals surface area contributed by atoms with Crippen molar-refractivity contribution in [3.05, 3.63) is 29.0 Å². The minimum Gasteiger partial charge on any atom is -0.493 e. The van der Waals surface area contributed by atoms with E-state index in [1.165, 1.54) is 25.0 Å². The molecule has 0 amide bonds. The van der Waals surface area contributed by atoms with Crippen molar-refractivity contribution >= 4 is 11.6 Å². The first kappa shape index (κ1) is 12.7. The molecule has 4 heteroatoms. The molecule has 2 rings (SSSR count). The summed E-state index contributed by atoms with van der Waals surface area (Å²) in [5, 5.41) is 3.55. The van der Waals surface area contributed by atoms with Crippen molar-refractivity contribution in [2.45, 2.75) is 25.8 Å². The van der Waals surface area contributed by atoms with E-state index >= 15 is 0 Å². The van der Waals surface area contributed by atoms with E-state index in [2.05, 4.69) is 12.2 Å². The number of hydrogen-bond acceptors (Lipinski definition) is 2. The summed E-state index contributed by atoms with van der Waals surface area (Å²) in [5.74, 6) is 0.636. The molecule has 2 nitrogen and oxygen atoms in total. The van der Waals surface area contributed by atoms with Crippen LogP contribution in [-0.2, 0) is 0 Å². The molecule has 0 radical (unpaired) electrons. The number of halogens is 2. The fourth-order valence-corrected chi connectivity index (χ4v) is 1.69. The van der Waals surface area contributed by atoms with E-state index in [-0.39, 0.29) is 5.02 Å². The Kier molecular flexibility index (Phi) is 4.24. The Labute approximate surface area is 106 Å². The topological polar surface area (TPSA) is 21.3 Å². The Morgan fingerprint density at radius 3 is 2.94 bits per heavy atom. The van der Waals surface area contributed by atoms with Gasteiger partial charge in [0.05, 0.1) is 11.6 Å². The molecule has 0 bridgehead atoms. The molecule has 1 fully saturated rings. The summed E-state index contributed by atoms with van der Waals surface area (Å²) in [4.78, 5) is 0. The molecule has 0 aliphatic heterocycles. The van der Waals surface area contributed by atoms with Crippen LogP contribution < -0.4 is 10.1 Å². The van der Waals surface area contributed by atoms with Crippen LogP contribution in [0.3, 0.4) is 0 Å². The number of benzene rings is 1. The van der Waals surface area contributed by atoms with E-state index in [4.69, 9.17) is 16.3 Å². The third kappa shape index (κ3) is 4.17. The van der Waals surface area contributed by atoms with Crippen LogP contribution in [-0.4, -0.2) is 19.2 Å².